The van der Waals surface area contributed by atoms with Gasteiger partial charge in [0.15, 0.2) is 0 Å². The quantitative estimate of drug-likeness (QED) is 0.775. The van der Waals surface area contributed by atoms with Gasteiger partial charge in [-0.1, -0.05) is 6.07 Å². The molecule has 1 aromatic heterocycles. The zero-order chi connectivity index (χ0) is 11.4. The van der Waals surface area contributed by atoms with Crippen LogP contribution in [0.1, 0.15) is 24.1 Å². The highest BCUT2D eigenvalue weighted by atomic mass is 32.1. The summed E-state index contributed by atoms with van der Waals surface area (Å²) < 4.78 is 0. The van der Waals surface area contributed by atoms with Gasteiger partial charge in [0.25, 0.3) is 0 Å². The Labute approximate surface area is 98.0 Å². The second kappa shape index (κ2) is 5.12. The Morgan fingerprint density at radius 2 is 2.19 bits per heavy atom. The van der Waals surface area contributed by atoms with Crippen molar-refractivity contribution < 1.29 is 9.59 Å². The van der Waals surface area contributed by atoms with E-state index in [2.05, 4.69) is 10.9 Å². The summed E-state index contributed by atoms with van der Waals surface area (Å²) in [5.41, 5.74) is 4.87. The Hall–Kier alpha value is -1.36. The number of hydrogen-bond donors (Lipinski definition) is 2. The molecule has 2 N–H and O–H groups in total. The lowest BCUT2D eigenvalue weighted by atomic mass is 10.2. The molecule has 86 valence electrons. The van der Waals surface area contributed by atoms with E-state index in [-0.39, 0.29) is 17.7 Å². The zero-order valence-electron chi connectivity index (χ0n) is 8.86. The van der Waals surface area contributed by atoms with E-state index in [1.54, 1.807) is 11.3 Å². The van der Waals surface area contributed by atoms with Gasteiger partial charge in [-0.2, -0.15) is 0 Å². The van der Waals surface area contributed by atoms with E-state index in [1.807, 2.05) is 17.5 Å². The monoisotopic (exact) mass is 238 g/mol. The van der Waals surface area contributed by atoms with Crippen molar-refractivity contribution in [1.82, 2.24) is 10.9 Å². The van der Waals surface area contributed by atoms with Crippen LogP contribution in [0.3, 0.4) is 0 Å². The number of carbonyl (C=O) groups is 2. The SMILES string of the molecule is O=C(CCc1cccs1)NNC(=O)C1CC1. The molecule has 1 aromatic rings. The van der Waals surface area contributed by atoms with Gasteiger partial charge in [0, 0.05) is 17.2 Å². The average Bonchev–Trinajstić information content (AvgIpc) is 3.01. The minimum absolute atomic E-state index is 0.0653. The van der Waals surface area contributed by atoms with Gasteiger partial charge in [-0.05, 0) is 30.7 Å². The van der Waals surface area contributed by atoms with Crippen molar-refractivity contribution in [2.45, 2.75) is 25.7 Å². The first-order valence-electron chi connectivity index (χ1n) is 5.37. The van der Waals surface area contributed by atoms with Crippen LogP contribution < -0.4 is 10.9 Å². The van der Waals surface area contributed by atoms with Gasteiger partial charge in [0.2, 0.25) is 11.8 Å². The molecule has 2 amide bonds. The summed E-state index contributed by atoms with van der Waals surface area (Å²) in [6.45, 7) is 0. The van der Waals surface area contributed by atoms with Crippen LogP contribution >= 0.6 is 11.3 Å². The van der Waals surface area contributed by atoms with Gasteiger partial charge in [0.1, 0.15) is 0 Å². The summed E-state index contributed by atoms with van der Waals surface area (Å²) in [5.74, 6) is -0.0792. The zero-order valence-corrected chi connectivity index (χ0v) is 9.68. The van der Waals surface area contributed by atoms with Crippen molar-refractivity contribution in [2.24, 2.45) is 5.92 Å². The summed E-state index contributed by atoms with van der Waals surface area (Å²) >= 11 is 1.64. The van der Waals surface area contributed by atoms with Crippen molar-refractivity contribution >= 4 is 23.2 Å². The Balaban J connectivity index is 1.62. The van der Waals surface area contributed by atoms with Crippen LogP contribution in [-0.4, -0.2) is 11.8 Å². The maximum atomic E-state index is 11.4. The summed E-state index contributed by atoms with van der Waals surface area (Å²) in [5, 5.41) is 1.99. The summed E-state index contributed by atoms with van der Waals surface area (Å²) in [6.07, 6.45) is 3.02. The largest absolute Gasteiger partial charge is 0.273 e. The van der Waals surface area contributed by atoms with Gasteiger partial charge in [-0.25, -0.2) is 0 Å². The molecule has 1 fully saturated rings. The Morgan fingerprint density at radius 3 is 2.81 bits per heavy atom. The molecule has 0 aromatic carbocycles. The number of nitrogens with one attached hydrogen (secondary N) is 2. The molecule has 0 aliphatic heterocycles. The van der Waals surface area contributed by atoms with E-state index >= 15 is 0 Å². The van der Waals surface area contributed by atoms with Gasteiger partial charge in [-0.3, -0.25) is 20.4 Å². The van der Waals surface area contributed by atoms with Gasteiger partial charge in [-0.15, -0.1) is 11.3 Å². The second-order valence-electron chi connectivity index (χ2n) is 3.89. The first kappa shape index (κ1) is 11.1. The normalized spacial score (nSPS) is 14.5. The number of thiophene rings is 1. The van der Waals surface area contributed by atoms with E-state index in [0.29, 0.717) is 6.42 Å². The number of rotatable bonds is 4. The maximum absolute atomic E-state index is 11.4. The molecular formula is C11H14N2O2S. The first-order chi connectivity index (χ1) is 7.75. The van der Waals surface area contributed by atoms with Gasteiger partial charge >= 0.3 is 0 Å². The number of hydrogen-bond acceptors (Lipinski definition) is 3. The molecule has 2 rings (SSSR count). The molecule has 0 unspecified atom stereocenters. The Kier molecular flexibility index (Phi) is 3.56. The summed E-state index contributed by atoms with van der Waals surface area (Å²) in [6, 6.07) is 3.97. The number of aryl methyl sites for hydroxylation is 1. The smallest absolute Gasteiger partial charge is 0.241 e. The molecule has 0 bridgehead atoms. The van der Waals surface area contributed by atoms with Gasteiger partial charge < -0.3 is 0 Å². The van der Waals surface area contributed by atoms with Crippen LogP contribution in [-0.2, 0) is 16.0 Å². The fraction of sp³-hybridized carbons (Fsp3) is 0.455. The van der Waals surface area contributed by atoms with Crippen molar-refractivity contribution in [3.8, 4) is 0 Å². The minimum atomic E-state index is -0.137. The third-order valence-electron chi connectivity index (χ3n) is 2.45. The van der Waals surface area contributed by atoms with Crippen LogP contribution in [0.25, 0.3) is 0 Å². The molecule has 4 nitrogen and oxygen atoms in total. The molecule has 0 spiro atoms. The number of amides is 2. The molecule has 1 aliphatic rings. The highest BCUT2D eigenvalue weighted by Gasteiger charge is 2.29. The van der Waals surface area contributed by atoms with Crippen LogP contribution in [0, 0.1) is 5.92 Å². The van der Waals surface area contributed by atoms with E-state index in [9.17, 15) is 9.59 Å². The molecule has 0 atom stereocenters. The molecular weight excluding hydrogens is 224 g/mol. The molecule has 0 radical (unpaired) electrons. The van der Waals surface area contributed by atoms with Crippen LogP contribution in [0.15, 0.2) is 17.5 Å². The van der Waals surface area contributed by atoms with E-state index in [4.69, 9.17) is 0 Å². The number of hydrazine groups is 1. The predicted molar refractivity (Wildman–Crippen MR) is 61.6 cm³/mol. The van der Waals surface area contributed by atoms with Crippen LogP contribution in [0.5, 0.6) is 0 Å². The lowest BCUT2D eigenvalue weighted by molar-refractivity contribution is -0.129. The molecule has 16 heavy (non-hydrogen) atoms. The third kappa shape index (κ3) is 3.34. The van der Waals surface area contributed by atoms with Gasteiger partial charge in [0.05, 0.1) is 0 Å². The van der Waals surface area contributed by atoms with Crippen molar-refractivity contribution in [2.75, 3.05) is 0 Å². The molecule has 5 heteroatoms. The number of carbonyl (C=O) groups excluding carboxylic acids is 2. The summed E-state index contributed by atoms with van der Waals surface area (Å²) in [7, 11) is 0. The predicted octanol–water partition coefficient (Wildman–Crippen LogP) is 1.24. The standard InChI is InChI=1S/C11H14N2O2S/c14-10(6-5-9-2-1-7-16-9)12-13-11(15)8-3-4-8/h1-2,7-8H,3-6H2,(H,12,14)(H,13,15). The summed E-state index contributed by atoms with van der Waals surface area (Å²) in [4.78, 5) is 23.8. The van der Waals surface area contributed by atoms with E-state index in [1.165, 1.54) is 4.88 Å². The van der Waals surface area contributed by atoms with Crippen LogP contribution in [0.2, 0.25) is 0 Å². The first-order valence-corrected chi connectivity index (χ1v) is 6.25. The second-order valence-corrected chi connectivity index (χ2v) is 4.92. The van der Waals surface area contributed by atoms with Crippen molar-refractivity contribution in [3.63, 3.8) is 0 Å². The highest BCUT2D eigenvalue weighted by Crippen LogP contribution is 2.28. The molecule has 1 aliphatic carbocycles. The molecule has 0 saturated heterocycles. The average molecular weight is 238 g/mol. The van der Waals surface area contributed by atoms with E-state index in [0.717, 1.165) is 19.3 Å². The lowest BCUT2D eigenvalue weighted by Crippen LogP contribution is -2.42. The molecule has 1 saturated carbocycles. The topological polar surface area (TPSA) is 58.2 Å². The molecule has 1 heterocycles. The third-order valence-corrected chi connectivity index (χ3v) is 3.39. The maximum Gasteiger partial charge on any atom is 0.241 e. The van der Waals surface area contributed by atoms with Crippen molar-refractivity contribution in [3.05, 3.63) is 22.4 Å². The Bertz CT molecular complexity index is 371. The minimum Gasteiger partial charge on any atom is -0.273 e. The Morgan fingerprint density at radius 1 is 1.38 bits per heavy atom. The van der Waals surface area contributed by atoms with Crippen molar-refractivity contribution in [1.29, 1.82) is 0 Å². The highest BCUT2D eigenvalue weighted by molar-refractivity contribution is 7.09. The lowest BCUT2D eigenvalue weighted by Gasteiger charge is -2.05. The fourth-order valence-corrected chi connectivity index (χ4v) is 2.04. The van der Waals surface area contributed by atoms with Crippen LogP contribution in [0.4, 0.5) is 0 Å². The van der Waals surface area contributed by atoms with E-state index < -0.39 is 0 Å². The fourth-order valence-electron chi connectivity index (χ4n) is 1.33.